The summed E-state index contributed by atoms with van der Waals surface area (Å²) in [6.45, 7) is 5.63. The van der Waals surface area contributed by atoms with Crippen LogP contribution in [0.2, 0.25) is 0 Å². The molecule has 0 N–H and O–H groups in total. The Morgan fingerprint density at radius 2 is 2.20 bits per heavy atom. The summed E-state index contributed by atoms with van der Waals surface area (Å²) in [5.74, 6) is 1.70. The van der Waals surface area contributed by atoms with E-state index in [4.69, 9.17) is 4.74 Å². The molecular weight excluding hydrogens is 252 g/mol. The smallest absolute Gasteiger partial charge is 0.0576 e. The van der Waals surface area contributed by atoms with Crippen molar-refractivity contribution in [3.63, 3.8) is 0 Å². The van der Waals surface area contributed by atoms with Gasteiger partial charge in [0.25, 0.3) is 0 Å². The fourth-order valence-electron chi connectivity index (χ4n) is 2.43. The van der Waals surface area contributed by atoms with Gasteiger partial charge in [-0.3, -0.25) is 0 Å². The number of rotatable bonds is 7. The van der Waals surface area contributed by atoms with Gasteiger partial charge in [-0.1, -0.05) is 36.2 Å². The van der Waals surface area contributed by atoms with E-state index < -0.39 is 0 Å². The molecule has 1 aliphatic rings. The van der Waals surface area contributed by atoms with Crippen LogP contribution in [-0.4, -0.2) is 18.0 Å². The molecule has 2 unspecified atom stereocenters. The fraction of sp³-hybridized carbons (Fsp3) is 1.00. The Morgan fingerprint density at radius 3 is 2.73 bits per heavy atom. The highest BCUT2D eigenvalue weighted by atomic mass is 79.9. The second-order valence-electron chi connectivity index (χ2n) is 5.22. The molecule has 0 aromatic heterocycles. The van der Waals surface area contributed by atoms with Gasteiger partial charge in [-0.05, 0) is 43.9 Å². The standard InChI is InChI=1S/C13H25BrO/c1-11(2)9-12(10-14)5-3-6-13-7-4-8-15-13/h11-13H,3-10H2,1-2H3. The highest BCUT2D eigenvalue weighted by molar-refractivity contribution is 9.09. The number of hydrogen-bond acceptors (Lipinski definition) is 1. The van der Waals surface area contributed by atoms with Gasteiger partial charge in [-0.25, -0.2) is 0 Å². The maximum atomic E-state index is 5.64. The molecule has 0 amide bonds. The summed E-state index contributed by atoms with van der Waals surface area (Å²) in [5.41, 5.74) is 0. The van der Waals surface area contributed by atoms with Crippen LogP contribution in [0.15, 0.2) is 0 Å². The van der Waals surface area contributed by atoms with Crippen LogP contribution in [0.3, 0.4) is 0 Å². The highest BCUT2D eigenvalue weighted by Gasteiger charge is 2.16. The van der Waals surface area contributed by atoms with Crippen molar-refractivity contribution in [3.05, 3.63) is 0 Å². The molecule has 0 radical (unpaired) electrons. The van der Waals surface area contributed by atoms with E-state index >= 15 is 0 Å². The topological polar surface area (TPSA) is 9.23 Å². The Hall–Kier alpha value is 0.440. The first kappa shape index (κ1) is 13.5. The molecule has 0 saturated carbocycles. The fourth-order valence-corrected chi connectivity index (χ4v) is 3.02. The summed E-state index contributed by atoms with van der Waals surface area (Å²) in [4.78, 5) is 0. The van der Waals surface area contributed by atoms with Gasteiger partial charge < -0.3 is 4.74 Å². The maximum Gasteiger partial charge on any atom is 0.0576 e. The quantitative estimate of drug-likeness (QED) is 0.627. The molecule has 15 heavy (non-hydrogen) atoms. The van der Waals surface area contributed by atoms with E-state index in [2.05, 4.69) is 29.8 Å². The van der Waals surface area contributed by atoms with Gasteiger partial charge in [-0.15, -0.1) is 0 Å². The van der Waals surface area contributed by atoms with Gasteiger partial charge in [0.05, 0.1) is 6.10 Å². The van der Waals surface area contributed by atoms with Crippen LogP contribution in [-0.2, 0) is 4.74 Å². The van der Waals surface area contributed by atoms with Crippen molar-refractivity contribution in [2.75, 3.05) is 11.9 Å². The lowest BCUT2D eigenvalue weighted by Gasteiger charge is -2.17. The van der Waals surface area contributed by atoms with Gasteiger partial charge in [0.2, 0.25) is 0 Å². The number of alkyl halides is 1. The largest absolute Gasteiger partial charge is 0.378 e. The molecule has 1 rings (SSSR count). The molecule has 1 aliphatic heterocycles. The summed E-state index contributed by atoms with van der Waals surface area (Å²) in [6, 6.07) is 0. The second-order valence-corrected chi connectivity index (χ2v) is 5.86. The molecule has 1 heterocycles. The zero-order valence-electron chi connectivity index (χ0n) is 10.2. The first-order valence-corrected chi connectivity index (χ1v) is 7.52. The van der Waals surface area contributed by atoms with Crippen molar-refractivity contribution >= 4 is 15.9 Å². The average molecular weight is 277 g/mol. The second kappa shape index (κ2) is 7.67. The van der Waals surface area contributed by atoms with Crippen LogP contribution in [0.25, 0.3) is 0 Å². The Kier molecular flexibility index (Phi) is 6.91. The van der Waals surface area contributed by atoms with Crippen molar-refractivity contribution in [2.24, 2.45) is 11.8 Å². The summed E-state index contributed by atoms with van der Waals surface area (Å²) >= 11 is 3.63. The summed E-state index contributed by atoms with van der Waals surface area (Å²) < 4.78 is 5.64. The molecule has 2 heteroatoms. The SMILES string of the molecule is CC(C)CC(CBr)CCCC1CCCO1. The van der Waals surface area contributed by atoms with Crippen molar-refractivity contribution in [2.45, 2.75) is 58.5 Å². The minimum absolute atomic E-state index is 0.583. The van der Waals surface area contributed by atoms with Crippen LogP contribution in [0.5, 0.6) is 0 Å². The molecule has 0 aliphatic carbocycles. The minimum atomic E-state index is 0.583. The van der Waals surface area contributed by atoms with E-state index in [9.17, 15) is 0 Å². The molecule has 1 fully saturated rings. The monoisotopic (exact) mass is 276 g/mol. The van der Waals surface area contributed by atoms with Crippen molar-refractivity contribution in [3.8, 4) is 0 Å². The Bertz CT molecular complexity index is 153. The van der Waals surface area contributed by atoms with Crippen LogP contribution < -0.4 is 0 Å². The van der Waals surface area contributed by atoms with Gasteiger partial charge >= 0.3 is 0 Å². The zero-order chi connectivity index (χ0) is 11.1. The van der Waals surface area contributed by atoms with E-state index in [1.54, 1.807) is 0 Å². The molecule has 0 aromatic rings. The van der Waals surface area contributed by atoms with E-state index in [1.165, 1.54) is 38.5 Å². The minimum Gasteiger partial charge on any atom is -0.378 e. The van der Waals surface area contributed by atoms with Crippen molar-refractivity contribution in [1.82, 2.24) is 0 Å². The molecular formula is C13H25BrO. The Morgan fingerprint density at radius 1 is 1.40 bits per heavy atom. The van der Waals surface area contributed by atoms with Crippen LogP contribution in [0.1, 0.15) is 52.4 Å². The molecule has 0 spiro atoms. The molecule has 90 valence electrons. The molecule has 1 saturated heterocycles. The predicted molar refractivity (Wildman–Crippen MR) is 69.6 cm³/mol. The number of halogens is 1. The summed E-state index contributed by atoms with van der Waals surface area (Å²) in [7, 11) is 0. The molecule has 2 atom stereocenters. The number of ether oxygens (including phenoxy) is 1. The normalized spacial score (nSPS) is 23.6. The predicted octanol–water partition coefficient (Wildman–Crippen LogP) is 4.39. The lowest BCUT2D eigenvalue weighted by Crippen LogP contribution is -2.09. The Labute approximate surface area is 103 Å². The first-order chi connectivity index (χ1) is 7.22. The highest BCUT2D eigenvalue weighted by Crippen LogP contribution is 2.23. The van der Waals surface area contributed by atoms with E-state index in [1.807, 2.05) is 0 Å². The van der Waals surface area contributed by atoms with Gasteiger partial charge in [-0.2, -0.15) is 0 Å². The van der Waals surface area contributed by atoms with E-state index in [-0.39, 0.29) is 0 Å². The number of hydrogen-bond donors (Lipinski definition) is 0. The lowest BCUT2D eigenvalue weighted by molar-refractivity contribution is 0.101. The van der Waals surface area contributed by atoms with E-state index in [0.29, 0.717) is 6.10 Å². The molecule has 0 aromatic carbocycles. The van der Waals surface area contributed by atoms with Gasteiger partial charge in [0, 0.05) is 11.9 Å². The third-order valence-corrected chi connectivity index (χ3v) is 4.10. The van der Waals surface area contributed by atoms with Crippen molar-refractivity contribution in [1.29, 1.82) is 0 Å². The third-order valence-electron chi connectivity index (χ3n) is 3.19. The Balaban J connectivity index is 2.05. The summed E-state index contributed by atoms with van der Waals surface area (Å²) in [5, 5.41) is 1.16. The van der Waals surface area contributed by atoms with Crippen LogP contribution in [0.4, 0.5) is 0 Å². The van der Waals surface area contributed by atoms with Gasteiger partial charge in [0.15, 0.2) is 0 Å². The van der Waals surface area contributed by atoms with Crippen LogP contribution >= 0.6 is 15.9 Å². The summed E-state index contributed by atoms with van der Waals surface area (Å²) in [6.07, 6.45) is 8.50. The van der Waals surface area contributed by atoms with Crippen LogP contribution in [0, 0.1) is 11.8 Å². The third kappa shape index (κ3) is 5.91. The molecule has 1 nitrogen and oxygen atoms in total. The van der Waals surface area contributed by atoms with E-state index in [0.717, 1.165) is 23.8 Å². The lowest BCUT2D eigenvalue weighted by atomic mass is 9.93. The van der Waals surface area contributed by atoms with Gasteiger partial charge in [0.1, 0.15) is 0 Å². The average Bonchev–Trinajstić information content (AvgIpc) is 2.68. The first-order valence-electron chi connectivity index (χ1n) is 6.40. The van der Waals surface area contributed by atoms with Crippen molar-refractivity contribution < 1.29 is 4.74 Å². The zero-order valence-corrected chi connectivity index (χ0v) is 11.8. The molecule has 0 bridgehead atoms. The maximum absolute atomic E-state index is 5.64.